The second-order valence-corrected chi connectivity index (χ2v) is 32.6. The number of likely N-dealkylation sites (N-methyl/N-ethyl adjacent to an activating group) is 9. The van der Waals surface area contributed by atoms with Crippen molar-refractivity contribution in [3.8, 4) is 0 Å². The third-order valence-electron chi connectivity index (χ3n) is 21.5. The first kappa shape index (κ1) is 91.9. The molecule has 0 bridgehead atoms. The highest BCUT2D eigenvalue weighted by Crippen LogP contribution is 2.50. The van der Waals surface area contributed by atoms with Gasteiger partial charge in [-0.25, -0.2) is 0 Å². The van der Waals surface area contributed by atoms with Crippen LogP contribution in [0.1, 0.15) is 163 Å². The van der Waals surface area contributed by atoms with Crippen LogP contribution in [0.4, 0.5) is 5.69 Å². The Morgan fingerprint density at radius 1 is 0.519 bits per heavy atom. The summed E-state index contributed by atoms with van der Waals surface area (Å²) in [5, 5.41) is 44.1. The van der Waals surface area contributed by atoms with Crippen LogP contribution in [0.15, 0.2) is 24.3 Å². The fraction of sp³-hybridized carbons (Fsp3) is 0.737. The first-order valence-corrected chi connectivity index (χ1v) is 37.3. The van der Waals surface area contributed by atoms with Crippen molar-refractivity contribution in [3.05, 3.63) is 29.8 Å². The van der Waals surface area contributed by atoms with Gasteiger partial charge in [0.15, 0.2) is 0 Å². The Labute approximate surface area is 637 Å². The standard InChI is InChI=1S/C76H125N13O19/c1-29-43(11)55-66(98)84(24)58(42(9)10)69(101)85(25)57(41(7)8)67(99)80(20)37-51(91)82(22)61(75(18,19)105)71(103)87(27)60(45(13)46(14)107-53(93)36-74(16,17)104)70(102)88(28)72(108-47(15)90)63(95)78-54(39(3)4)65(97)86(26)59(44(12)30-2)68(100)81(21)38-52(92)89-50(64(96)83(23)56(40(5)6)62(94)79-55)35-76(106)48-33-31-32-34-49(48)77-73(76)89/h31-34,39-46,50,54-61,72-73,77,104-106H,29-30,35-38H2,1-28H3,(H,78,95)(H,79,94)/t43-,44-,45-,46-,50-,54-,55-,56-,57-,58-,59-,60-,61+,72+,73-,76+/m0/s1. The van der Waals surface area contributed by atoms with Gasteiger partial charge in [0.2, 0.25) is 65.0 Å². The molecule has 6 N–H and O–H groups in total. The van der Waals surface area contributed by atoms with E-state index in [0.717, 1.165) is 55.3 Å². The quantitative estimate of drug-likeness (QED) is 0.136. The summed E-state index contributed by atoms with van der Waals surface area (Å²) in [5.41, 5.74) is -4.82. The molecular formula is C76H125N13O19. The van der Waals surface area contributed by atoms with Crippen LogP contribution in [-0.4, -0.2) is 308 Å². The molecule has 3 aliphatic rings. The highest BCUT2D eigenvalue weighted by atomic mass is 16.6. The fourth-order valence-electron chi connectivity index (χ4n) is 15.0. The molecule has 3 heterocycles. The number of aliphatic hydroxyl groups is 3. The Bertz CT molecular complexity index is 3480. The highest BCUT2D eigenvalue weighted by molar-refractivity contribution is 6.01. The zero-order valence-electron chi connectivity index (χ0n) is 68.9. The van der Waals surface area contributed by atoms with Crippen LogP contribution in [0.25, 0.3) is 0 Å². The number of nitrogens with one attached hydrogen (secondary N) is 3. The maximum Gasteiger partial charge on any atom is 0.308 e. The number of nitrogens with zero attached hydrogens (tertiary/aromatic N) is 10. The summed E-state index contributed by atoms with van der Waals surface area (Å²) in [5.74, 6) is -17.9. The van der Waals surface area contributed by atoms with Crippen molar-refractivity contribution < 1.29 is 91.9 Å². The number of hydrogen-bond donors (Lipinski definition) is 6. The van der Waals surface area contributed by atoms with Gasteiger partial charge in [0.1, 0.15) is 72.2 Å². The molecular weight excluding hydrogens is 1400 g/mol. The van der Waals surface area contributed by atoms with Crippen LogP contribution in [0, 0.1) is 41.4 Å². The molecule has 12 amide bonds. The molecule has 3 aliphatic heterocycles. The molecule has 608 valence electrons. The molecule has 0 aromatic heterocycles. The van der Waals surface area contributed by atoms with Crippen molar-refractivity contribution in [2.75, 3.05) is 81.8 Å². The van der Waals surface area contributed by atoms with E-state index < -0.39 is 233 Å². The number of para-hydroxylation sites is 1. The van der Waals surface area contributed by atoms with Gasteiger partial charge in [0, 0.05) is 93.9 Å². The van der Waals surface area contributed by atoms with Gasteiger partial charge >= 0.3 is 11.9 Å². The Balaban J connectivity index is 2.04. The van der Waals surface area contributed by atoms with Crippen LogP contribution >= 0.6 is 0 Å². The number of ether oxygens (including phenoxy) is 2. The number of rotatable bonds is 15. The second-order valence-electron chi connectivity index (χ2n) is 32.6. The number of amides is 12. The van der Waals surface area contributed by atoms with E-state index in [9.17, 15) is 34.5 Å². The first-order valence-electron chi connectivity index (χ1n) is 37.3. The number of anilines is 1. The van der Waals surface area contributed by atoms with Crippen LogP contribution in [0.2, 0.25) is 0 Å². The predicted molar refractivity (Wildman–Crippen MR) is 400 cm³/mol. The summed E-state index contributed by atoms with van der Waals surface area (Å²) >= 11 is 0. The fourth-order valence-corrected chi connectivity index (χ4v) is 15.0. The molecule has 1 aromatic rings. The summed E-state index contributed by atoms with van der Waals surface area (Å²) in [6, 6.07) is -6.71. The zero-order valence-corrected chi connectivity index (χ0v) is 68.9. The number of fused-ring (bicyclic) bond motifs is 5. The zero-order chi connectivity index (χ0) is 83.1. The molecule has 0 radical (unpaired) electrons. The van der Waals surface area contributed by atoms with Gasteiger partial charge in [-0.15, -0.1) is 0 Å². The Morgan fingerprint density at radius 2 is 0.963 bits per heavy atom. The lowest BCUT2D eigenvalue weighted by Gasteiger charge is -2.43. The van der Waals surface area contributed by atoms with Gasteiger partial charge in [0.05, 0.1) is 30.7 Å². The number of benzene rings is 1. The van der Waals surface area contributed by atoms with Crippen molar-refractivity contribution in [2.24, 2.45) is 41.4 Å². The maximum absolute atomic E-state index is 15.6. The summed E-state index contributed by atoms with van der Waals surface area (Å²) < 4.78 is 11.3. The third-order valence-corrected chi connectivity index (χ3v) is 21.5. The Hall–Kier alpha value is -8.52. The van der Waals surface area contributed by atoms with E-state index in [-0.39, 0.29) is 12.8 Å². The highest BCUT2D eigenvalue weighted by Gasteiger charge is 2.61. The van der Waals surface area contributed by atoms with Crippen molar-refractivity contribution in [2.45, 2.75) is 247 Å². The second kappa shape index (κ2) is 36.8. The van der Waals surface area contributed by atoms with Gasteiger partial charge in [0.25, 0.3) is 12.1 Å². The van der Waals surface area contributed by atoms with Crippen LogP contribution in [0.5, 0.6) is 0 Å². The minimum Gasteiger partial charge on any atom is -0.462 e. The maximum atomic E-state index is 15.6. The van der Waals surface area contributed by atoms with Crippen molar-refractivity contribution >= 4 is 88.5 Å². The molecule has 0 unspecified atom stereocenters. The number of carbonyl (C=O) groups is 14. The SMILES string of the molecule is CC[C@H](C)[C@@H]1NC(=O)[C@H](C(C)C)N(C)C(=O)[C@@H]2C[C@@]3(O)c4ccccc4N[C@H]3N2C(=O)CN(C)C(=O)[C@H]([C@@H](C)CC)N(C)C(=O)[C@H](C(C)C)NC(=O)[C@@H](OC(C)=O)N(C)C(=O)[C@H]([C@@H](C)[C@H](C)OC(=O)CC(C)(C)O)N(C)C(=O)[C@H](C(C)(C)O)N(C)C(=O)CN(C)C(=O)[C@H](C(C)C)N(C)C(=O)[C@H](C(C)C)N(C)C1=O. The minimum atomic E-state index is -2.25. The molecule has 0 saturated carbocycles. The number of hydrogen-bond acceptors (Lipinski definition) is 20. The number of carbonyl (C=O) groups excluding carboxylic acids is 14. The van der Waals surface area contributed by atoms with Crippen LogP contribution < -0.4 is 16.0 Å². The third kappa shape index (κ3) is 20.5. The monoisotopic (exact) mass is 1520 g/mol. The minimum absolute atomic E-state index is 0.277. The molecule has 0 spiro atoms. The van der Waals surface area contributed by atoms with Gasteiger partial charge in [-0.1, -0.05) is 121 Å². The lowest BCUT2D eigenvalue weighted by Crippen LogP contribution is -2.65. The number of esters is 2. The summed E-state index contributed by atoms with van der Waals surface area (Å²) in [4.78, 5) is 219. The molecule has 1 aromatic carbocycles. The van der Waals surface area contributed by atoms with Crippen molar-refractivity contribution in [1.82, 2.24) is 59.6 Å². The van der Waals surface area contributed by atoms with E-state index in [2.05, 4.69) is 16.0 Å². The molecule has 32 nitrogen and oxygen atoms in total. The van der Waals surface area contributed by atoms with E-state index in [1.165, 1.54) is 101 Å². The largest absolute Gasteiger partial charge is 0.462 e. The van der Waals surface area contributed by atoms with Gasteiger partial charge in [-0.2, -0.15) is 0 Å². The van der Waals surface area contributed by atoms with Crippen LogP contribution in [-0.2, 0) is 82.2 Å². The average molecular weight is 1520 g/mol. The normalized spacial score (nSPS) is 27.7. The lowest BCUT2D eigenvalue weighted by atomic mass is 9.90. The summed E-state index contributed by atoms with van der Waals surface area (Å²) in [6.07, 6.45) is -5.15. The smallest absolute Gasteiger partial charge is 0.308 e. The summed E-state index contributed by atoms with van der Waals surface area (Å²) in [7, 11) is 11.4. The van der Waals surface area contributed by atoms with Gasteiger partial charge in [-0.05, 0) is 76.2 Å². The van der Waals surface area contributed by atoms with E-state index in [1.807, 2.05) is 0 Å². The van der Waals surface area contributed by atoms with Gasteiger partial charge < -0.3 is 89.7 Å². The predicted octanol–water partition coefficient (Wildman–Crippen LogP) is 1.65. The summed E-state index contributed by atoms with van der Waals surface area (Å²) in [6.45, 7) is 27.6. The molecule has 32 heteroatoms. The molecule has 4 rings (SSSR count). The molecule has 2 fully saturated rings. The van der Waals surface area contributed by atoms with Crippen LogP contribution in [0.3, 0.4) is 0 Å². The van der Waals surface area contributed by atoms with E-state index >= 15 is 47.9 Å². The lowest BCUT2D eigenvalue weighted by molar-refractivity contribution is -0.176. The molecule has 16 atom stereocenters. The molecule has 2 saturated heterocycles. The van der Waals surface area contributed by atoms with Crippen molar-refractivity contribution in [3.63, 3.8) is 0 Å². The van der Waals surface area contributed by atoms with E-state index in [1.54, 1.807) is 107 Å². The average Bonchev–Trinajstić information content (AvgIpc) is 1.55. The first-order chi connectivity index (χ1) is 49.6. The Morgan fingerprint density at radius 3 is 1.45 bits per heavy atom. The topological polar surface area (TPSA) is 387 Å². The van der Waals surface area contributed by atoms with Gasteiger partial charge in [-0.3, -0.25) is 67.1 Å². The Kier molecular flexibility index (Phi) is 31.3. The molecule has 108 heavy (non-hydrogen) atoms. The van der Waals surface area contributed by atoms with E-state index in [4.69, 9.17) is 9.47 Å². The van der Waals surface area contributed by atoms with E-state index in [0.29, 0.717) is 22.6 Å². The molecule has 0 aliphatic carbocycles. The van der Waals surface area contributed by atoms with Crippen molar-refractivity contribution in [1.29, 1.82) is 0 Å².